The first-order valence-electron chi connectivity index (χ1n) is 17.7. The highest BCUT2D eigenvalue weighted by Crippen LogP contribution is 2.42. The molecule has 0 spiro atoms. The number of sulfonamides is 1. The Morgan fingerprint density at radius 2 is 1.56 bits per heavy atom. The number of benzene rings is 1. The van der Waals surface area contributed by atoms with Crippen molar-refractivity contribution in [3.8, 4) is 0 Å². The molecule has 278 valence electrons. The van der Waals surface area contributed by atoms with Gasteiger partial charge in [-0.15, -0.1) is 0 Å². The molecule has 3 fully saturated rings. The Kier molecular flexibility index (Phi) is 12.4. The van der Waals surface area contributed by atoms with Gasteiger partial charge in [0.1, 0.15) is 6.04 Å². The first kappa shape index (κ1) is 39.2. The van der Waals surface area contributed by atoms with Crippen LogP contribution in [0, 0.1) is 30.1 Å². The molecule has 15 heteroatoms. The molecule has 5 amide bonds. The highest BCUT2D eigenvalue weighted by molar-refractivity contribution is 7.89. The number of aliphatic hydroxyl groups is 1. The average Bonchev–Trinajstić information content (AvgIpc) is 3.83. The third-order valence-corrected chi connectivity index (χ3v) is 12.6. The Hall–Kier alpha value is -3.56. The second-order valence-corrected chi connectivity index (χ2v) is 16.9. The fourth-order valence-corrected chi connectivity index (χ4v) is 8.73. The number of primary amides is 2. The van der Waals surface area contributed by atoms with Crippen LogP contribution < -0.4 is 27.4 Å². The van der Waals surface area contributed by atoms with Crippen molar-refractivity contribution in [2.75, 3.05) is 13.1 Å². The van der Waals surface area contributed by atoms with Crippen molar-refractivity contribution in [2.24, 2.45) is 34.6 Å². The Morgan fingerprint density at radius 1 is 0.940 bits per heavy atom. The second kappa shape index (κ2) is 15.8. The van der Waals surface area contributed by atoms with E-state index in [0.717, 1.165) is 42.0 Å². The summed E-state index contributed by atoms with van der Waals surface area (Å²) in [7, 11) is -4.14. The predicted molar refractivity (Wildman–Crippen MR) is 185 cm³/mol. The van der Waals surface area contributed by atoms with Crippen molar-refractivity contribution in [2.45, 2.75) is 121 Å². The summed E-state index contributed by atoms with van der Waals surface area (Å²) in [6, 6.07) is 2.62. The van der Waals surface area contributed by atoms with Gasteiger partial charge in [0.15, 0.2) is 5.60 Å². The minimum atomic E-state index is -4.14. The van der Waals surface area contributed by atoms with Crippen LogP contribution in [0.25, 0.3) is 0 Å². The molecule has 50 heavy (non-hydrogen) atoms. The normalized spacial score (nSPS) is 22.9. The fraction of sp³-hybridized carbons (Fsp3) is 0.686. The van der Waals surface area contributed by atoms with Gasteiger partial charge >= 0.3 is 0 Å². The largest absolute Gasteiger partial charge is 0.378 e. The summed E-state index contributed by atoms with van der Waals surface area (Å²) in [6.45, 7) is 5.88. The zero-order valence-electron chi connectivity index (χ0n) is 29.6. The molecule has 5 unspecified atom stereocenters. The van der Waals surface area contributed by atoms with Crippen molar-refractivity contribution in [1.29, 1.82) is 0 Å². The van der Waals surface area contributed by atoms with Gasteiger partial charge < -0.3 is 32.5 Å². The number of nitrogens with zero attached hydrogens (tertiary/aromatic N) is 1. The third-order valence-electron chi connectivity index (χ3n) is 10.8. The van der Waals surface area contributed by atoms with Gasteiger partial charge in [-0.2, -0.15) is 4.31 Å². The van der Waals surface area contributed by atoms with Crippen molar-refractivity contribution < 1.29 is 37.5 Å². The van der Waals surface area contributed by atoms with E-state index in [-0.39, 0.29) is 36.7 Å². The van der Waals surface area contributed by atoms with Gasteiger partial charge in [-0.3, -0.25) is 24.0 Å². The van der Waals surface area contributed by atoms with E-state index in [4.69, 9.17) is 11.5 Å². The Bertz CT molecular complexity index is 1540. The fourth-order valence-electron chi connectivity index (χ4n) is 7.24. The molecule has 2 saturated carbocycles. The zero-order chi connectivity index (χ0) is 37.0. The van der Waals surface area contributed by atoms with Crippen molar-refractivity contribution in [1.82, 2.24) is 20.3 Å². The van der Waals surface area contributed by atoms with Crippen molar-refractivity contribution in [3.63, 3.8) is 0 Å². The number of rotatable bonds is 16. The molecule has 8 N–H and O–H groups in total. The van der Waals surface area contributed by atoms with Crippen LogP contribution in [0.2, 0.25) is 0 Å². The van der Waals surface area contributed by atoms with E-state index < -0.39 is 80.5 Å². The summed E-state index contributed by atoms with van der Waals surface area (Å²) in [6.07, 6.45) is 6.92. The van der Waals surface area contributed by atoms with E-state index in [2.05, 4.69) is 16.0 Å². The topological polar surface area (TPSA) is 231 Å². The van der Waals surface area contributed by atoms with Gasteiger partial charge in [-0.05, 0) is 76.8 Å². The van der Waals surface area contributed by atoms with Crippen LogP contribution in [0.15, 0.2) is 29.2 Å². The summed E-state index contributed by atoms with van der Waals surface area (Å²) in [4.78, 5) is 66.4. The quantitative estimate of drug-likeness (QED) is 0.144. The number of hydrogen-bond donors (Lipinski definition) is 6. The van der Waals surface area contributed by atoms with Crippen LogP contribution in [0.5, 0.6) is 0 Å². The lowest BCUT2D eigenvalue weighted by Gasteiger charge is -2.36. The number of carbonyl (C=O) groups excluding carboxylic acids is 5. The zero-order valence-corrected chi connectivity index (χ0v) is 30.4. The van der Waals surface area contributed by atoms with Gasteiger partial charge in [-0.25, -0.2) is 8.42 Å². The Balaban J connectivity index is 1.63. The summed E-state index contributed by atoms with van der Waals surface area (Å²) < 4.78 is 28.7. The maximum absolute atomic E-state index is 14.1. The molecule has 0 radical (unpaired) electrons. The number of aryl methyl sites for hydroxylation is 1. The number of nitrogens with one attached hydrogen (secondary N) is 3. The molecule has 14 nitrogen and oxygen atoms in total. The molecule has 2 aliphatic carbocycles. The summed E-state index contributed by atoms with van der Waals surface area (Å²) in [5.74, 6) is -5.16. The molecule has 1 aliphatic heterocycles. The van der Waals surface area contributed by atoms with Crippen LogP contribution in [-0.2, 0) is 34.0 Å². The molecule has 1 aromatic rings. The third kappa shape index (κ3) is 8.65. The summed E-state index contributed by atoms with van der Waals surface area (Å²) in [5, 5.41) is 19.7. The number of carbonyl (C=O) groups is 5. The minimum absolute atomic E-state index is 0.00218. The van der Waals surface area contributed by atoms with E-state index in [1.54, 1.807) is 12.1 Å². The van der Waals surface area contributed by atoms with E-state index in [9.17, 15) is 37.5 Å². The first-order valence-corrected chi connectivity index (χ1v) is 19.2. The molecular weight excluding hydrogens is 664 g/mol. The highest BCUT2D eigenvalue weighted by atomic mass is 32.2. The minimum Gasteiger partial charge on any atom is -0.378 e. The maximum Gasteiger partial charge on any atom is 0.251 e. The predicted octanol–water partition coefficient (Wildman–Crippen LogP) is 0.978. The second-order valence-electron chi connectivity index (χ2n) is 15.0. The van der Waals surface area contributed by atoms with Gasteiger partial charge in [0.2, 0.25) is 33.7 Å². The van der Waals surface area contributed by atoms with Gasteiger partial charge in [-0.1, -0.05) is 50.3 Å². The van der Waals surface area contributed by atoms with Gasteiger partial charge in [0.05, 0.1) is 28.3 Å². The Labute approximate surface area is 294 Å². The van der Waals surface area contributed by atoms with E-state index in [0.29, 0.717) is 19.3 Å². The molecule has 0 aromatic heterocycles. The SMILES string of the molecule is CCCC(NC(=O)C1CN(S(=O)(=O)c2ccc(C)cc2)CC1NC(=O)C(NC(=O)CC1CCCCC1)C(C)(C)C(N)=O)C(O)(C(N)=O)C1CC1. The maximum atomic E-state index is 14.1. The van der Waals surface area contributed by atoms with Crippen molar-refractivity contribution >= 4 is 39.6 Å². The Morgan fingerprint density at radius 3 is 2.10 bits per heavy atom. The number of amides is 5. The lowest BCUT2D eigenvalue weighted by atomic mass is 9.82. The van der Waals surface area contributed by atoms with E-state index >= 15 is 0 Å². The molecular formula is C35H54N6O8S. The molecule has 5 atom stereocenters. The monoisotopic (exact) mass is 718 g/mol. The standard InChI is InChI=1S/C35H54N6O8S/c1-5-9-27(35(47,33(37)46)23-14-15-23)39-30(43)25-19-41(50(48,49)24-16-12-21(2)13-17-24)20-26(25)38-31(44)29(34(3,4)32(36)45)40-28(42)18-22-10-7-6-8-11-22/h12-13,16-17,22-23,25-27,29,47H,5-11,14-15,18-20H2,1-4H3,(H2,36,45)(H2,37,46)(H,38,44)(H,39,43)(H,40,42). The van der Waals surface area contributed by atoms with Crippen LogP contribution in [0.3, 0.4) is 0 Å². The lowest BCUT2D eigenvalue weighted by molar-refractivity contribution is -0.145. The first-order chi connectivity index (χ1) is 23.4. The van der Waals surface area contributed by atoms with Gasteiger partial charge in [0, 0.05) is 19.5 Å². The smallest absolute Gasteiger partial charge is 0.251 e. The summed E-state index contributed by atoms with van der Waals surface area (Å²) >= 11 is 0. The molecule has 4 rings (SSSR count). The molecule has 1 aromatic carbocycles. The molecule has 0 bridgehead atoms. The van der Waals surface area contributed by atoms with Crippen LogP contribution in [0.4, 0.5) is 0 Å². The number of nitrogens with two attached hydrogens (primary N) is 2. The van der Waals surface area contributed by atoms with Crippen LogP contribution >= 0.6 is 0 Å². The lowest BCUT2D eigenvalue weighted by Crippen LogP contribution is -2.63. The molecule has 1 heterocycles. The summed E-state index contributed by atoms with van der Waals surface area (Å²) in [5.41, 5.74) is 8.65. The van der Waals surface area contributed by atoms with E-state index in [1.807, 2.05) is 13.8 Å². The average molecular weight is 719 g/mol. The highest BCUT2D eigenvalue weighted by Gasteiger charge is 2.55. The van der Waals surface area contributed by atoms with Crippen LogP contribution in [0.1, 0.15) is 90.5 Å². The molecule has 1 saturated heterocycles. The molecule has 3 aliphatic rings. The van der Waals surface area contributed by atoms with Crippen LogP contribution in [-0.4, -0.2) is 84.2 Å². The van der Waals surface area contributed by atoms with Gasteiger partial charge in [0.25, 0.3) is 5.91 Å². The van der Waals surface area contributed by atoms with E-state index in [1.165, 1.54) is 26.0 Å². The van der Waals surface area contributed by atoms with Crippen molar-refractivity contribution in [3.05, 3.63) is 29.8 Å². The number of hydrogen-bond acceptors (Lipinski definition) is 8.